The van der Waals surface area contributed by atoms with Crippen molar-refractivity contribution in [2.75, 3.05) is 5.75 Å². The highest BCUT2D eigenvalue weighted by Crippen LogP contribution is 2.28. The molecule has 1 rings (SSSR count). The lowest BCUT2D eigenvalue weighted by atomic mass is 9.82. The molecular formula is C11H20N2S. The minimum atomic E-state index is 0.292. The van der Waals surface area contributed by atoms with Crippen molar-refractivity contribution in [3.8, 4) is 0 Å². The molecule has 0 fully saturated rings. The van der Waals surface area contributed by atoms with E-state index < -0.39 is 0 Å². The van der Waals surface area contributed by atoms with Crippen LogP contribution in [-0.4, -0.2) is 15.5 Å². The summed E-state index contributed by atoms with van der Waals surface area (Å²) in [5.41, 5.74) is 1.51. The van der Waals surface area contributed by atoms with E-state index in [-0.39, 0.29) is 0 Å². The van der Waals surface area contributed by atoms with Gasteiger partial charge in [-0.2, -0.15) is 17.7 Å². The molecule has 1 heterocycles. The summed E-state index contributed by atoms with van der Waals surface area (Å²) in [4.78, 5) is 0. The predicted octanol–water partition coefficient (Wildman–Crippen LogP) is 2.78. The van der Waals surface area contributed by atoms with Crippen LogP contribution in [0.5, 0.6) is 0 Å². The molecule has 1 aromatic heterocycles. The van der Waals surface area contributed by atoms with Crippen LogP contribution in [0.15, 0.2) is 12.3 Å². The number of thiol groups is 1. The minimum absolute atomic E-state index is 0.292. The molecule has 0 N–H and O–H groups in total. The first-order valence-electron chi connectivity index (χ1n) is 5.04. The summed E-state index contributed by atoms with van der Waals surface area (Å²) in [7, 11) is 0. The summed E-state index contributed by atoms with van der Waals surface area (Å²) < 4.78 is 2.06. The molecule has 1 aromatic rings. The van der Waals surface area contributed by atoms with Gasteiger partial charge < -0.3 is 0 Å². The van der Waals surface area contributed by atoms with Crippen LogP contribution in [0, 0.1) is 18.3 Å². The molecule has 1 atom stereocenters. The van der Waals surface area contributed by atoms with E-state index >= 15 is 0 Å². The second-order valence-electron chi connectivity index (χ2n) is 4.90. The number of aryl methyl sites for hydroxylation is 1. The molecule has 0 aromatic carbocycles. The molecule has 1 unspecified atom stereocenters. The fourth-order valence-electron chi connectivity index (χ4n) is 1.40. The van der Waals surface area contributed by atoms with Gasteiger partial charge in [0.1, 0.15) is 0 Å². The van der Waals surface area contributed by atoms with Crippen molar-refractivity contribution < 1.29 is 0 Å². The smallest absolute Gasteiger partial charge is 0.0492 e. The average molecular weight is 212 g/mol. The first-order chi connectivity index (χ1) is 6.45. The van der Waals surface area contributed by atoms with Crippen LogP contribution in [0.1, 0.15) is 26.5 Å². The summed E-state index contributed by atoms with van der Waals surface area (Å²) in [5, 5.41) is 4.30. The molecular weight excluding hydrogens is 192 g/mol. The van der Waals surface area contributed by atoms with Crippen molar-refractivity contribution >= 4 is 12.6 Å². The van der Waals surface area contributed by atoms with Crippen LogP contribution < -0.4 is 0 Å². The van der Waals surface area contributed by atoms with Gasteiger partial charge in [-0.3, -0.25) is 4.68 Å². The second kappa shape index (κ2) is 4.39. The molecule has 0 saturated carbocycles. The van der Waals surface area contributed by atoms with Gasteiger partial charge in [-0.15, -0.1) is 0 Å². The Bertz CT molecular complexity index is 286. The van der Waals surface area contributed by atoms with Crippen LogP contribution in [0.25, 0.3) is 0 Å². The molecule has 80 valence electrons. The largest absolute Gasteiger partial charge is 0.270 e. The zero-order valence-electron chi connectivity index (χ0n) is 9.49. The lowest BCUT2D eigenvalue weighted by Crippen LogP contribution is -2.27. The fourth-order valence-corrected chi connectivity index (χ4v) is 2.07. The molecule has 0 saturated heterocycles. The van der Waals surface area contributed by atoms with E-state index in [1.165, 1.54) is 5.69 Å². The van der Waals surface area contributed by atoms with Crippen LogP contribution in [-0.2, 0) is 6.54 Å². The van der Waals surface area contributed by atoms with Crippen LogP contribution in [0.4, 0.5) is 0 Å². The average Bonchev–Trinajstić information content (AvgIpc) is 2.45. The van der Waals surface area contributed by atoms with E-state index in [0.717, 1.165) is 12.3 Å². The highest BCUT2D eigenvalue weighted by molar-refractivity contribution is 7.80. The Balaban J connectivity index is 2.71. The van der Waals surface area contributed by atoms with Crippen molar-refractivity contribution in [3.63, 3.8) is 0 Å². The topological polar surface area (TPSA) is 17.8 Å². The van der Waals surface area contributed by atoms with Gasteiger partial charge in [0.25, 0.3) is 0 Å². The van der Waals surface area contributed by atoms with E-state index in [1.807, 2.05) is 12.3 Å². The van der Waals surface area contributed by atoms with Gasteiger partial charge in [0.15, 0.2) is 0 Å². The third-order valence-electron chi connectivity index (χ3n) is 2.77. The van der Waals surface area contributed by atoms with Crippen molar-refractivity contribution in [2.24, 2.45) is 11.3 Å². The molecule has 0 spiro atoms. The monoisotopic (exact) mass is 212 g/mol. The summed E-state index contributed by atoms with van der Waals surface area (Å²) in [6, 6.07) is 2.04. The summed E-state index contributed by atoms with van der Waals surface area (Å²) in [6.07, 6.45) is 1.85. The first-order valence-corrected chi connectivity index (χ1v) is 5.67. The van der Waals surface area contributed by atoms with Gasteiger partial charge >= 0.3 is 0 Å². The quantitative estimate of drug-likeness (QED) is 0.763. The maximum atomic E-state index is 4.41. The van der Waals surface area contributed by atoms with Gasteiger partial charge in [0.2, 0.25) is 0 Å². The molecule has 0 aliphatic heterocycles. The third-order valence-corrected chi connectivity index (χ3v) is 3.21. The molecule has 0 aliphatic carbocycles. The zero-order valence-corrected chi connectivity index (χ0v) is 10.4. The van der Waals surface area contributed by atoms with Gasteiger partial charge in [-0.05, 0) is 30.1 Å². The van der Waals surface area contributed by atoms with E-state index in [9.17, 15) is 0 Å². The maximum Gasteiger partial charge on any atom is 0.0492 e. The lowest BCUT2D eigenvalue weighted by Gasteiger charge is -2.29. The molecule has 0 bridgehead atoms. The van der Waals surface area contributed by atoms with Gasteiger partial charge in [-0.25, -0.2) is 0 Å². The molecule has 0 amide bonds. The van der Waals surface area contributed by atoms with Crippen LogP contribution in [0.2, 0.25) is 0 Å². The highest BCUT2D eigenvalue weighted by Gasteiger charge is 2.24. The normalized spacial score (nSPS) is 14.4. The molecule has 0 aliphatic rings. The summed E-state index contributed by atoms with van der Waals surface area (Å²) in [6.45, 7) is 9.82. The van der Waals surface area contributed by atoms with Crippen LogP contribution in [0.3, 0.4) is 0 Å². The van der Waals surface area contributed by atoms with Gasteiger partial charge in [-0.1, -0.05) is 20.8 Å². The third kappa shape index (κ3) is 2.77. The Labute approximate surface area is 92.1 Å². The molecule has 2 nitrogen and oxygen atoms in total. The Morgan fingerprint density at radius 1 is 1.50 bits per heavy atom. The maximum absolute atomic E-state index is 4.41. The predicted molar refractivity (Wildman–Crippen MR) is 63.8 cm³/mol. The lowest BCUT2D eigenvalue weighted by molar-refractivity contribution is 0.230. The van der Waals surface area contributed by atoms with E-state index in [2.05, 4.69) is 50.1 Å². The zero-order chi connectivity index (χ0) is 10.8. The Kier molecular flexibility index (Phi) is 3.65. The fraction of sp³-hybridized carbons (Fsp3) is 0.727. The Morgan fingerprint density at radius 3 is 2.50 bits per heavy atom. The minimum Gasteiger partial charge on any atom is -0.270 e. The highest BCUT2D eigenvalue weighted by atomic mass is 32.1. The number of aromatic nitrogens is 2. The van der Waals surface area contributed by atoms with E-state index in [1.54, 1.807) is 0 Å². The SMILES string of the molecule is Cc1ccnn1CC(CS)C(C)(C)C. The van der Waals surface area contributed by atoms with Crippen LogP contribution >= 0.6 is 12.6 Å². The van der Waals surface area contributed by atoms with Crippen molar-refractivity contribution in [2.45, 2.75) is 34.2 Å². The number of nitrogens with zero attached hydrogens (tertiary/aromatic N) is 2. The second-order valence-corrected chi connectivity index (χ2v) is 5.27. The summed E-state index contributed by atoms with van der Waals surface area (Å²) in [5.74, 6) is 1.47. The number of hydrogen-bond acceptors (Lipinski definition) is 2. The van der Waals surface area contributed by atoms with E-state index in [4.69, 9.17) is 0 Å². The van der Waals surface area contributed by atoms with Crippen molar-refractivity contribution in [1.82, 2.24) is 9.78 Å². The molecule has 14 heavy (non-hydrogen) atoms. The van der Waals surface area contributed by atoms with Gasteiger partial charge in [0.05, 0.1) is 0 Å². The van der Waals surface area contributed by atoms with Gasteiger partial charge in [0, 0.05) is 18.4 Å². The summed E-state index contributed by atoms with van der Waals surface area (Å²) >= 11 is 4.41. The van der Waals surface area contributed by atoms with E-state index in [0.29, 0.717) is 11.3 Å². The molecule has 0 radical (unpaired) electrons. The van der Waals surface area contributed by atoms with Crippen molar-refractivity contribution in [3.05, 3.63) is 18.0 Å². The van der Waals surface area contributed by atoms with Crippen molar-refractivity contribution in [1.29, 1.82) is 0 Å². The Morgan fingerprint density at radius 2 is 2.14 bits per heavy atom. The number of hydrogen-bond donors (Lipinski definition) is 1. The number of rotatable bonds is 3. The Hall–Kier alpha value is -0.440. The standard InChI is InChI=1S/C11H20N2S/c1-9-5-6-12-13(9)7-10(8-14)11(2,3)4/h5-6,10,14H,7-8H2,1-4H3. The molecule has 3 heteroatoms. The first kappa shape index (κ1) is 11.6.